The van der Waals surface area contributed by atoms with Crippen LogP contribution in [0.3, 0.4) is 0 Å². The van der Waals surface area contributed by atoms with Gasteiger partial charge in [0.05, 0.1) is 5.01 Å². The van der Waals surface area contributed by atoms with Crippen LogP contribution in [-0.4, -0.2) is 41.6 Å². The van der Waals surface area contributed by atoms with Crippen molar-refractivity contribution in [1.29, 1.82) is 0 Å². The molecule has 1 aromatic rings. The molecular weight excluding hydrogens is 230 g/mol. The molecule has 1 fully saturated rings. The van der Waals surface area contributed by atoms with Crippen molar-refractivity contribution < 1.29 is 0 Å². The highest BCUT2D eigenvalue weighted by Crippen LogP contribution is 2.21. The van der Waals surface area contributed by atoms with Gasteiger partial charge in [-0.25, -0.2) is 4.98 Å². The standard InChI is InChI=1S/C13H23N3S/c1-4-12-9-16(11(3)7-15-12)8-10(2)13-14-5-6-17-13/h5-6,10-12,15H,4,7-9H2,1-3H3. The van der Waals surface area contributed by atoms with Gasteiger partial charge in [-0.3, -0.25) is 4.90 Å². The zero-order valence-electron chi connectivity index (χ0n) is 11.0. The van der Waals surface area contributed by atoms with Gasteiger partial charge in [0.25, 0.3) is 0 Å². The average Bonchev–Trinajstić information content (AvgIpc) is 2.85. The van der Waals surface area contributed by atoms with Crippen LogP contribution in [0.4, 0.5) is 0 Å². The fourth-order valence-electron chi connectivity index (χ4n) is 2.43. The first-order chi connectivity index (χ1) is 8.20. The molecule has 0 bridgehead atoms. The molecule has 96 valence electrons. The minimum Gasteiger partial charge on any atom is -0.311 e. The maximum absolute atomic E-state index is 4.42. The van der Waals surface area contributed by atoms with E-state index in [-0.39, 0.29) is 0 Å². The minimum atomic E-state index is 0.549. The van der Waals surface area contributed by atoms with Gasteiger partial charge in [-0.2, -0.15) is 0 Å². The van der Waals surface area contributed by atoms with Crippen molar-refractivity contribution in [2.75, 3.05) is 19.6 Å². The Kier molecular flexibility index (Phi) is 4.54. The number of rotatable bonds is 4. The van der Waals surface area contributed by atoms with E-state index >= 15 is 0 Å². The summed E-state index contributed by atoms with van der Waals surface area (Å²) in [5.74, 6) is 0.549. The molecule has 0 saturated carbocycles. The van der Waals surface area contributed by atoms with Gasteiger partial charge in [0.1, 0.15) is 0 Å². The van der Waals surface area contributed by atoms with E-state index in [1.165, 1.54) is 18.0 Å². The Morgan fingerprint density at radius 1 is 1.65 bits per heavy atom. The van der Waals surface area contributed by atoms with Crippen LogP contribution in [0.5, 0.6) is 0 Å². The summed E-state index contributed by atoms with van der Waals surface area (Å²) in [6.07, 6.45) is 3.13. The first-order valence-corrected chi connectivity index (χ1v) is 7.45. The van der Waals surface area contributed by atoms with Crippen LogP contribution in [0.1, 0.15) is 38.1 Å². The van der Waals surface area contributed by atoms with Gasteiger partial charge >= 0.3 is 0 Å². The predicted octanol–water partition coefficient (Wildman–Crippen LogP) is 2.32. The third kappa shape index (κ3) is 3.27. The van der Waals surface area contributed by atoms with Crippen molar-refractivity contribution >= 4 is 11.3 Å². The smallest absolute Gasteiger partial charge is 0.0965 e. The maximum Gasteiger partial charge on any atom is 0.0965 e. The van der Waals surface area contributed by atoms with Gasteiger partial charge < -0.3 is 5.32 Å². The largest absolute Gasteiger partial charge is 0.311 e. The molecule has 1 aliphatic heterocycles. The predicted molar refractivity (Wildman–Crippen MR) is 73.6 cm³/mol. The van der Waals surface area contributed by atoms with Crippen LogP contribution in [0.25, 0.3) is 0 Å². The lowest BCUT2D eigenvalue weighted by Gasteiger charge is -2.39. The van der Waals surface area contributed by atoms with Gasteiger partial charge in [-0.15, -0.1) is 11.3 Å². The molecule has 0 spiro atoms. The van der Waals surface area contributed by atoms with Crippen LogP contribution in [0.2, 0.25) is 0 Å². The molecule has 0 aliphatic carbocycles. The lowest BCUT2D eigenvalue weighted by molar-refractivity contribution is 0.133. The molecule has 0 aromatic carbocycles. The fraction of sp³-hybridized carbons (Fsp3) is 0.769. The normalized spacial score (nSPS) is 28.2. The van der Waals surface area contributed by atoms with Crippen LogP contribution in [0.15, 0.2) is 11.6 Å². The quantitative estimate of drug-likeness (QED) is 0.892. The second kappa shape index (κ2) is 5.94. The van der Waals surface area contributed by atoms with Crippen molar-refractivity contribution in [2.24, 2.45) is 0 Å². The third-order valence-corrected chi connectivity index (χ3v) is 4.66. The van der Waals surface area contributed by atoms with Crippen molar-refractivity contribution in [3.8, 4) is 0 Å². The van der Waals surface area contributed by atoms with Crippen LogP contribution in [-0.2, 0) is 0 Å². The topological polar surface area (TPSA) is 28.2 Å². The molecule has 1 aromatic heterocycles. The summed E-state index contributed by atoms with van der Waals surface area (Å²) in [5.41, 5.74) is 0. The molecule has 1 N–H and O–H groups in total. The van der Waals surface area contributed by atoms with Crippen LogP contribution < -0.4 is 5.32 Å². The van der Waals surface area contributed by atoms with Gasteiger partial charge in [-0.05, 0) is 13.3 Å². The zero-order valence-corrected chi connectivity index (χ0v) is 11.8. The molecule has 1 saturated heterocycles. The third-order valence-electron chi connectivity index (χ3n) is 3.65. The van der Waals surface area contributed by atoms with Crippen LogP contribution in [0, 0.1) is 0 Å². The Balaban J connectivity index is 1.92. The zero-order chi connectivity index (χ0) is 12.3. The van der Waals surface area contributed by atoms with E-state index < -0.39 is 0 Å². The van der Waals surface area contributed by atoms with Crippen molar-refractivity contribution in [3.05, 3.63) is 16.6 Å². The first kappa shape index (κ1) is 13.0. The first-order valence-electron chi connectivity index (χ1n) is 6.57. The molecule has 2 rings (SSSR count). The minimum absolute atomic E-state index is 0.549. The maximum atomic E-state index is 4.42. The molecule has 0 radical (unpaired) electrons. The monoisotopic (exact) mass is 253 g/mol. The summed E-state index contributed by atoms with van der Waals surface area (Å²) < 4.78 is 0. The Labute approximate surface area is 108 Å². The van der Waals surface area contributed by atoms with Crippen molar-refractivity contribution in [3.63, 3.8) is 0 Å². The summed E-state index contributed by atoms with van der Waals surface area (Å²) >= 11 is 1.77. The molecule has 17 heavy (non-hydrogen) atoms. The number of hydrogen-bond donors (Lipinski definition) is 1. The van der Waals surface area contributed by atoms with E-state index in [1.54, 1.807) is 11.3 Å². The molecule has 4 heteroatoms. The highest BCUT2D eigenvalue weighted by atomic mass is 32.1. The van der Waals surface area contributed by atoms with Gasteiger partial charge in [0.2, 0.25) is 0 Å². The van der Waals surface area contributed by atoms with Crippen molar-refractivity contribution in [2.45, 2.75) is 45.2 Å². The molecule has 2 heterocycles. The second-order valence-electron chi connectivity index (χ2n) is 5.09. The second-order valence-corrected chi connectivity index (χ2v) is 6.01. The van der Waals surface area contributed by atoms with E-state index in [2.05, 4.69) is 41.4 Å². The molecule has 3 atom stereocenters. The van der Waals surface area contributed by atoms with Gasteiger partial charge in [-0.1, -0.05) is 13.8 Å². The lowest BCUT2D eigenvalue weighted by atomic mass is 10.1. The van der Waals surface area contributed by atoms with E-state index in [0.717, 1.165) is 13.1 Å². The Morgan fingerprint density at radius 2 is 2.47 bits per heavy atom. The van der Waals surface area contributed by atoms with Gasteiger partial charge in [0, 0.05) is 49.2 Å². The number of hydrogen-bond acceptors (Lipinski definition) is 4. The SMILES string of the molecule is CCC1CN(CC(C)c2nccs2)C(C)CN1. The Hall–Kier alpha value is -0.450. The lowest BCUT2D eigenvalue weighted by Crippen LogP contribution is -2.55. The average molecular weight is 253 g/mol. The van der Waals surface area contributed by atoms with E-state index in [0.29, 0.717) is 18.0 Å². The molecule has 3 unspecified atom stereocenters. The number of nitrogens with zero attached hydrogens (tertiary/aromatic N) is 2. The fourth-order valence-corrected chi connectivity index (χ4v) is 3.12. The Morgan fingerprint density at radius 3 is 3.12 bits per heavy atom. The summed E-state index contributed by atoms with van der Waals surface area (Å²) in [5, 5.41) is 6.94. The Bertz CT molecular complexity index is 325. The number of thiazole rings is 1. The number of aromatic nitrogens is 1. The summed E-state index contributed by atoms with van der Waals surface area (Å²) in [7, 11) is 0. The molecule has 0 amide bonds. The van der Waals surface area contributed by atoms with Gasteiger partial charge in [0.15, 0.2) is 0 Å². The van der Waals surface area contributed by atoms with E-state index in [4.69, 9.17) is 0 Å². The highest BCUT2D eigenvalue weighted by Gasteiger charge is 2.25. The van der Waals surface area contributed by atoms with Crippen LogP contribution >= 0.6 is 11.3 Å². The van der Waals surface area contributed by atoms with E-state index in [9.17, 15) is 0 Å². The molecular formula is C13H23N3S. The van der Waals surface area contributed by atoms with Crippen molar-refractivity contribution in [1.82, 2.24) is 15.2 Å². The van der Waals surface area contributed by atoms with E-state index in [1.807, 2.05) is 6.20 Å². The molecule has 1 aliphatic rings. The summed E-state index contributed by atoms with van der Waals surface area (Å²) in [6, 6.07) is 1.30. The number of nitrogens with one attached hydrogen (secondary N) is 1. The molecule has 3 nitrogen and oxygen atoms in total. The number of piperazine rings is 1. The summed E-state index contributed by atoms with van der Waals surface area (Å²) in [6.45, 7) is 10.3. The highest BCUT2D eigenvalue weighted by molar-refractivity contribution is 7.09. The summed E-state index contributed by atoms with van der Waals surface area (Å²) in [4.78, 5) is 7.03.